The Kier molecular flexibility index (Phi) is 4.81. The molecule has 0 unspecified atom stereocenters. The average Bonchev–Trinajstić information content (AvgIpc) is 3.05. The van der Waals surface area contributed by atoms with E-state index < -0.39 is 10.0 Å². The van der Waals surface area contributed by atoms with E-state index in [1.807, 2.05) is 32.9 Å². The number of rotatable bonds is 3. The zero-order chi connectivity index (χ0) is 16.6. The van der Waals surface area contributed by atoms with Crippen LogP contribution in [0.4, 0.5) is 0 Å². The van der Waals surface area contributed by atoms with E-state index in [2.05, 4.69) is 4.90 Å². The van der Waals surface area contributed by atoms with Crippen molar-refractivity contribution in [2.24, 2.45) is 0 Å². The lowest BCUT2D eigenvalue weighted by Gasteiger charge is -2.37. The Labute approximate surface area is 140 Å². The summed E-state index contributed by atoms with van der Waals surface area (Å²) in [6.07, 6.45) is 5.21. The van der Waals surface area contributed by atoms with Crippen LogP contribution in [0, 0.1) is 20.8 Å². The van der Waals surface area contributed by atoms with Crippen LogP contribution in [0.3, 0.4) is 0 Å². The Morgan fingerprint density at radius 2 is 1.43 bits per heavy atom. The van der Waals surface area contributed by atoms with Crippen molar-refractivity contribution in [3.8, 4) is 0 Å². The van der Waals surface area contributed by atoms with Crippen molar-refractivity contribution in [3.05, 3.63) is 28.8 Å². The largest absolute Gasteiger partial charge is 0.298 e. The summed E-state index contributed by atoms with van der Waals surface area (Å²) in [4.78, 5) is 2.97. The normalized spacial score (nSPS) is 21.9. The van der Waals surface area contributed by atoms with Gasteiger partial charge in [-0.05, 0) is 56.4 Å². The molecule has 1 aromatic carbocycles. The van der Waals surface area contributed by atoms with Crippen LogP contribution in [0.5, 0.6) is 0 Å². The molecule has 0 bridgehead atoms. The summed E-state index contributed by atoms with van der Waals surface area (Å²) in [5.74, 6) is 0. The molecule has 4 nitrogen and oxygen atoms in total. The van der Waals surface area contributed by atoms with E-state index in [9.17, 15) is 8.42 Å². The zero-order valence-corrected chi connectivity index (χ0v) is 15.3. The van der Waals surface area contributed by atoms with Gasteiger partial charge in [-0.15, -0.1) is 0 Å². The average molecular weight is 337 g/mol. The van der Waals surface area contributed by atoms with Crippen LogP contribution in [0.25, 0.3) is 0 Å². The molecule has 5 heteroatoms. The molecule has 0 aromatic heterocycles. The molecule has 1 saturated carbocycles. The van der Waals surface area contributed by atoms with Crippen molar-refractivity contribution >= 4 is 10.0 Å². The highest BCUT2D eigenvalue weighted by atomic mass is 32.2. The Morgan fingerprint density at radius 1 is 0.870 bits per heavy atom. The predicted molar refractivity (Wildman–Crippen MR) is 93.2 cm³/mol. The van der Waals surface area contributed by atoms with Crippen molar-refractivity contribution < 1.29 is 8.42 Å². The number of piperazine rings is 1. The second-order valence-electron chi connectivity index (χ2n) is 7.08. The molecule has 0 N–H and O–H groups in total. The standard InChI is InChI=1S/C18H28N2O2S/c1-14-12-16(3)18(13-15(14)2)23(21,22)20-10-8-19(9-11-20)17-6-4-5-7-17/h12-13,17H,4-11H2,1-3H3. The third-order valence-electron chi connectivity index (χ3n) is 5.52. The van der Waals surface area contributed by atoms with Gasteiger partial charge >= 0.3 is 0 Å². The summed E-state index contributed by atoms with van der Waals surface area (Å²) in [7, 11) is -3.37. The number of hydrogen-bond acceptors (Lipinski definition) is 3. The first-order chi connectivity index (χ1) is 10.9. The van der Waals surface area contributed by atoms with Gasteiger partial charge in [0, 0.05) is 32.2 Å². The Hall–Kier alpha value is -0.910. The van der Waals surface area contributed by atoms with Gasteiger partial charge in [0.2, 0.25) is 10.0 Å². The number of nitrogens with zero attached hydrogens (tertiary/aromatic N) is 2. The van der Waals surface area contributed by atoms with Gasteiger partial charge in [0.15, 0.2) is 0 Å². The van der Waals surface area contributed by atoms with E-state index in [0.717, 1.165) is 29.8 Å². The Bertz CT molecular complexity index is 671. The van der Waals surface area contributed by atoms with E-state index in [1.165, 1.54) is 25.7 Å². The second kappa shape index (κ2) is 6.54. The lowest BCUT2D eigenvalue weighted by molar-refractivity contribution is 0.139. The first-order valence-corrected chi connectivity index (χ1v) is 10.2. The van der Waals surface area contributed by atoms with Crippen LogP contribution < -0.4 is 0 Å². The van der Waals surface area contributed by atoms with Gasteiger partial charge in [-0.1, -0.05) is 18.9 Å². The summed E-state index contributed by atoms with van der Waals surface area (Å²) in [5, 5.41) is 0. The van der Waals surface area contributed by atoms with Gasteiger partial charge in [-0.25, -0.2) is 8.42 Å². The third-order valence-corrected chi connectivity index (χ3v) is 7.56. The summed E-state index contributed by atoms with van der Waals surface area (Å²) in [5.41, 5.74) is 3.04. The van der Waals surface area contributed by atoms with Crippen molar-refractivity contribution in [3.63, 3.8) is 0 Å². The van der Waals surface area contributed by atoms with Crippen LogP contribution in [0.2, 0.25) is 0 Å². The molecule has 23 heavy (non-hydrogen) atoms. The summed E-state index contributed by atoms with van der Waals surface area (Å²) < 4.78 is 27.7. The first kappa shape index (κ1) is 16.9. The molecular weight excluding hydrogens is 308 g/mol. The number of aryl methyl sites for hydroxylation is 3. The Balaban J connectivity index is 1.75. The maximum atomic E-state index is 13.0. The fourth-order valence-electron chi connectivity index (χ4n) is 3.93. The van der Waals surface area contributed by atoms with E-state index in [1.54, 1.807) is 4.31 Å². The lowest BCUT2D eigenvalue weighted by atomic mass is 10.1. The van der Waals surface area contributed by atoms with Crippen molar-refractivity contribution in [1.82, 2.24) is 9.21 Å². The first-order valence-electron chi connectivity index (χ1n) is 8.71. The highest BCUT2D eigenvalue weighted by Crippen LogP contribution is 2.27. The van der Waals surface area contributed by atoms with Crippen molar-refractivity contribution in [1.29, 1.82) is 0 Å². The molecule has 128 valence electrons. The maximum Gasteiger partial charge on any atom is 0.243 e. The summed E-state index contributed by atoms with van der Waals surface area (Å²) in [6, 6.07) is 4.50. The SMILES string of the molecule is Cc1cc(C)c(S(=O)(=O)N2CCN(C3CCCC3)CC2)cc1C. The predicted octanol–water partition coefficient (Wildman–Crippen LogP) is 2.86. The van der Waals surface area contributed by atoms with E-state index in [-0.39, 0.29) is 0 Å². The zero-order valence-electron chi connectivity index (χ0n) is 14.5. The topological polar surface area (TPSA) is 40.6 Å². The molecule has 1 aromatic rings. The van der Waals surface area contributed by atoms with E-state index >= 15 is 0 Å². The van der Waals surface area contributed by atoms with E-state index in [0.29, 0.717) is 24.0 Å². The van der Waals surface area contributed by atoms with Gasteiger partial charge in [0.1, 0.15) is 0 Å². The summed E-state index contributed by atoms with van der Waals surface area (Å²) in [6.45, 7) is 8.87. The fraction of sp³-hybridized carbons (Fsp3) is 0.667. The number of benzene rings is 1. The van der Waals surface area contributed by atoms with Gasteiger partial charge in [0.05, 0.1) is 4.90 Å². The monoisotopic (exact) mass is 336 g/mol. The molecule has 0 atom stereocenters. The van der Waals surface area contributed by atoms with Crippen LogP contribution in [-0.4, -0.2) is 49.8 Å². The van der Waals surface area contributed by atoms with Crippen LogP contribution >= 0.6 is 0 Å². The molecule has 1 aliphatic heterocycles. The van der Waals surface area contributed by atoms with Crippen LogP contribution in [0.15, 0.2) is 17.0 Å². The van der Waals surface area contributed by atoms with Crippen LogP contribution in [-0.2, 0) is 10.0 Å². The molecule has 0 spiro atoms. The molecule has 3 rings (SSSR count). The highest BCUT2D eigenvalue weighted by Gasteiger charge is 2.32. The maximum absolute atomic E-state index is 13.0. The number of hydrogen-bond donors (Lipinski definition) is 0. The minimum Gasteiger partial charge on any atom is -0.298 e. The lowest BCUT2D eigenvalue weighted by Crippen LogP contribution is -2.51. The van der Waals surface area contributed by atoms with Gasteiger partial charge in [-0.2, -0.15) is 4.31 Å². The molecule has 1 saturated heterocycles. The van der Waals surface area contributed by atoms with Gasteiger partial charge in [-0.3, -0.25) is 4.90 Å². The molecule has 0 radical (unpaired) electrons. The van der Waals surface area contributed by atoms with Crippen molar-refractivity contribution in [2.75, 3.05) is 26.2 Å². The molecule has 2 aliphatic rings. The quantitative estimate of drug-likeness (QED) is 0.852. The van der Waals surface area contributed by atoms with Crippen molar-refractivity contribution in [2.45, 2.75) is 57.4 Å². The summed E-state index contributed by atoms with van der Waals surface area (Å²) >= 11 is 0. The minimum absolute atomic E-state index is 0.481. The molecule has 1 aliphatic carbocycles. The molecule has 2 fully saturated rings. The smallest absolute Gasteiger partial charge is 0.243 e. The third kappa shape index (κ3) is 3.32. The highest BCUT2D eigenvalue weighted by molar-refractivity contribution is 7.89. The van der Waals surface area contributed by atoms with E-state index in [4.69, 9.17) is 0 Å². The Morgan fingerprint density at radius 3 is 2.04 bits per heavy atom. The molecule has 1 heterocycles. The van der Waals surface area contributed by atoms with Gasteiger partial charge in [0.25, 0.3) is 0 Å². The molecular formula is C18H28N2O2S. The molecule has 0 amide bonds. The fourth-order valence-corrected chi connectivity index (χ4v) is 5.64. The minimum atomic E-state index is -3.37. The number of sulfonamides is 1. The van der Waals surface area contributed by atoms with Gasteiger partial charge < -0.3 is 0 Å². The van der Waals surface area contributed by atoms with Crippen LogP contribution in [0.1, 0.15) is 42.4 Å². The second-order valence-corrected chi connectivity index (χ2v) is 8.99.